The van der Waals surface area contributed by atoms with Gasteiger partial charge in [-0.25, -0.2) is 4.79 Å². The first-order valence-corrected chi connectivity index (χ1v) is 15.9. The molecule has 1 fully saturated rings. The monoisotopic (exact) mass is 511 g/mol. The predicted molar refractivity (Wildman–Crippen MR) is 144 cm³/mol. The topological polar surface area (TPSA) is 78.6 Å². The number of carbonyl (C=O) groups is 1. The standard InChI is InChI=1S/C29H41NO5Si/c1-17(2)19-14-22(35-36(9,10)27(3,4)5)29(8)25(28(19,6)7)24(31)23-21(34-29)15-20(33-26(23)32)18-12-11-13-30-16-18/h11-13,15-17,19,22,25H,14H2,1-10H3/t19-,22-,25+,29?/m0/s1. The molecule has 0 saturated heterocycles. The van der Waals surface area contributed by atoms with Crippen molar-refractivity contribution < 1.29 is 18.4 Å². The van der Waals surface area contributed by atoms with E-state index in [1.165, 1.54) is 0 Å². The molecule has 0 bridgehead atoms. The number of aromatic nitrogens is 1. The first kappa shape index (κ1) is 26.8. The number of hydrogen-bond acceptors (Lipinski definition) is 6. The van der Waals surface area contributed by atoms with Gasteiger partial charge in [-0.2, -0.15) is 0 Å². The smallest absolute Gasteiger partial charge is 0.351 e. The van der Waals surface area contributed by atoms with Crippen molar-refractivity contribution in [2.24, 2.45) is 23.2 Å². The van der Waals surface area contributed by atoms with Crippen molar-refractivity contribution in [1.29, 1.82) is 0 Å². The van der Waals surface area contributed by atoms with Crippen LogP contribution in [0.5, 0.6) is 5.75 Å². The minimum Gasteiger partial charge on any atom is -0.483 e. The molecule has 1 aliphatic carbocycles. The third-order valence-electron chi connectivity index (χ3n) is 9.13. The maximum absolute atomic E-state index is 14.2. The quantitative estimate of drug-likeness (QED) is 0.423. The van der Waals surface area contributed by atoms with Gasteiger partial charge in [0.2, 0.25) is 0 Å². The van der Waals surface area contributed by atoms with E-state index < -0.39 is 30.9 Å². The minimum absolute atomic E-state index is 0.00425. The number of carbonyl (C=O) groups excluding carboxylic acids is 1. The molecule has 0 N–H and O–H groups in total. The van der Waals surface area contributed by atoms with Crippen LogP contribution in [0.1, 0.15) is 72.2 Å². The highest BCUT2D eigenvalue weighted by Crippen LogP contribution is 2.58. The van der Waals surface area contributed by atoms with Gasteiger partial charge in [-0.15, -0.1) is 0 Å². The van der Waals surface area contributed by atoms with Gasteiger partial charge in [0.15, 0.2) is 14.1 Å². The van der Waals surface area contributed by atoms with E-state index in [9.17, 15) is 9.59 Å². The lowest BCUT2D eigenvalue weighted by Gasteiger charge is -2.60. The Morgan fingerprint density at radius 1 is 1.17 bits per heavy atom. The zero-order chi connectivity index (χ0) is 26.8. The lowest BCUT2D eigenvalue weighted by atomic mass is 9.51. The molecule has 0 spiro atoms. The Bertz CT molecular complexity index is 1210. The van der Waals surface area contributed by atoms with Gasteiger partial charge in [0.1, 0.15) is 22.7 Å². The van der Waals surface area contributed by atoms with Crippen molar-refractivity contribution >= 4 is 14.1 Å². The SMILES string of the molecule is CC(C)[C@@H]1C[C@H](O[Si](C)(C)C(C)(C)C)C2(C)Oc3cc(-c4cccnc4)oc(=O)c3C(=O)[C@@H]2C1(C)C. The van der Waals surface area contributed by atoms with Crippen LogP contribution in [0.2, 0.25) is 18.1 Å². The molecule has 4 rings (SSSR count). The van der Waals surface area contributed by atoms with E-state index in [4.69, 9.17) is 13.6 Å². The average molecular weight is 512 g/mol. The van der Waals surface area contributed by atoms with Gasteiger partial charge in [-0.3, -0.25) is 9.78 Å². The maximum atomic E-state index is 14.2. The largest absolute Gasteiger partial charge is 0.483 e. The van der Waals surface area contributed by atoms with Gasteiger partial charge >= 0.3 is 5.63 Å². The highest BCUT2D eigenvalue weighted by Gasteiger charge is 2.65. The van der Waals surface area contributed by atoms with E-state index in [1.54, 1.807) is 24.5 Å². The van der Waals surface area contributed by atoms with Gasteiger partial charge in [0.25, 0.3) is 0 Å². The normalized spacial score (nSPS) is 27.9. The Morgan fingerprint density at radius 3 is 2.39 bits per heavy atom. The fourth-order valence-electron chi connectivity index (χ4n) is 6.27. The second-order valence-electron chi connectivity index (χ2n) is 13.2. The molecule has 196 valence electrons. The summed E-state index contributed by atoms with van der Waals surface area (Å²) < 4.78 is 19.4. The summed E-state index contributed by atoms with van der Waals surface area (Å²) in [5, 5.41) is 0.00425. The van der Waals surface area contributed by atoms with Crippen molar-refractivity contribution in [3.63, 3.8) is 0 Å². The summed E-state index contributed by atoms with van der Waals surface area (Å²) in [6.07, 6.45) is 3.79. The third-order valence-corrected chi connectivity index (χ3v) is 13.6. The number of fused-ring (bicyclic) bond motifs is 2. The number of hydrogen-bond donors (Lipinski definition) is 0. The van der Waals surface area contributed by atoms with Gasteiger partial charge in [0, 0.05) is 24.0 Å². The molecule has 2 aromatic heterocycles. The fraction of sp³-hybridized carbons (Fsp3) is 0.621. The van der Waals surface area contributed by atoms with Crippen LogP contribution in [0.3, 0.4) is 0 Å². The zero-order valence-electron chi connectivity index (χ0n) is 23.4. The molecule has 0 radical (unpaired) electrons. The van der Waals surface area contributed by atoms with Gasteiger partial charge < -0.3 is 13.6 Å². The zero-order valence-corrected chi connectivity index (χ0v) is 24.4. The molecule has 36 heavy (non-hydrogen) atoms. The summed E-state index contributed by atoms with van der Waals surface area (Å²) >= 11 is 0. The Morgan fingerprint density at radius 2 is 1.83 bits per heavy atom. The van der Waals surface area contributed by atoms with Crippen LogP contribution in [0.15, 0.2) is 39.8 Å². The molecule has 1 unspecified atom stereocenters. The molecule has 1 saturated carbocycles. The summed E-state index contributed by atoms with van der Waals surface area (Å²) in [6.45, 7) is 21.8. The molecule has 7 heteroatoms. The lowest BCUT2D eigenvalue weighted by molar-refractivity contribution is -0.160. The predicted octanol–water partition coefficient (Wildman–Crippen LogP) is 6.74. The number of ether oxygens (including phenoxy) is 1. The number of ketones is 1. The summed E-state index contributed by atoms with van der Waals surface area (Å²) in [4.78, 5) is 31.6. The molecule has 6 nitrogen and oxygen atoms in total. The van der Waals surface area contributed by atoms with Crippen LogP contribution >= 0.6 is 0 Å². The summed E-state index contributed by atoms with van der Waals surface area (Å²) in [5.41, 5.74) is -1.33. The van der Waals surface area contributed by atoms with Crippen LogP contribution < -0.4 is 10.4 Å². The minimum atomic E-state index is -2.19. The molecule has 3 heterocycles. The Kier molecular flexibility index (Phi) is 6.44. The van der Waals surface area contributed by atoms with Crippen molar-refractivity contribution in [2.45, 2.75) is 91.6 Å². The van der Waals surface area contributed by atoms with E-state index in [-0.39, 0.29) is 34.2 Å². The van der Waals surface area contributed by atoms with E-state index in [2.05, 4.69) is 66.5 Å². The highest BCUT2D eigenvalue weighted by molar-refractivity contribution is 6.74. The molecular formula is C29H41NO5Si. The second kappa shape index (κ2) is 8.66. The second-order valence-corrected chi connectivity index (χ2v) is 18.0. The van der Waals surface area contributed by atoms with E-state index in [0.29, 0.717) is 17.2 Å². The van der Waals surface area contributed by atoms with Crippen LogP contribution in [0.4, 0.5) is 0 Å². The highest BCUT2D eigenvalue weighted by atomic mass is 28.4. The molecule has 0 aromatic carbocycles. The van der Waals surface area contributed by atoms with E-state index in [0.717, 1.165) is 6.42 Å². The maximum Gasteiger partial charge on any atom is 0.351 e. The van der Waals surface area contributed by atoms with Crippen LogP contribution in [0, 0.1) is 23.2 Å². The third kappa shape index (κ3) is 4.18. The molecule has 1 aliphatic heterocycles. The fourth-order valence-corrected chi connectivity index (χ4v) is 7.66. The van der Waals surface area contributed by atoms with Crippen molar-refractivity contribution in [1.82, 2.24) is 4.98 Å². The number of pyridine rings is 1. The number of nitrogens with zero attached hydrogens (tertiary/aromatic N) is 1. The molecule has 0 amide bonds. The molecular weight excluding hydrogens is 470 g/mol. The van der Waals surface area contributed by atoms with E-state index in [1.807, 2.05) is 13.0 Å². The number of rotatable bonds is 4. The lowest BCUT2D eigenvalue weighted by Crippen LogP contribution is -2.69. The Balaban J connectivity index is 1.89. The van der Waals surface area contributed by atoms with Gasteiger partial charge in [-0.05, 0) is 60.9 Å². The molecule has 2 aliphatic rings. The van der Waals surface area contributed by atoms with Crippen molar-refractivity contribution in [3.8, 4) is 17.1 Å². The van der Waals surface area contributed by atoms with Gasteiger partial charge in [-0.1, -0.05) is 48.5 Å². The first-order chi connectivity index (χ1) is 16.5. The number of Topliss-reactive ketones (excluding diaryl/α,β-unsaturated/α-hetero) is 1. The Hall–Kier alpha value is -2.25. The van der Waals surface area contributed by atoms with E-state index >= 15 is 0 Å². The van der Waals surface area contributed by atoms with Crippen molar-refractivity contribution in [3.05, 3.63) is 46.6 Å². The first-order valence-electron chi connectivity index (χ1n) is 13.0. The van der Waals surface area contributed by atoms with Crippen LogP contribution in [-0.4, -0.2) is 30.8 Å². The van der Waals surface area contributed by atoms with Gasteiger partial charge in [0.05, 0.1) is 12.0 Å². The van der Waals surface area contributed by atoms with Crippen molar-refractivity contribution in [2.75, 3.05) is 0 Å². The van der Waals surface area contributed by atoms with Crippen LogP contribution in [0.25, 0.3) is 11.3 Å². The molecule has 2 aromatic rings. The van der Waals surface area contributed by atoms with Crippen LogP contribution in [-0.2, 0) is 4.43 Å². The average Bonchev–Trinajstić information content (AvgIpc) is 2.74. The summed E-state index contributed by atoms with van der Waals surface area (Å²) in [7, 11) is -2.19. The summed E-state index contributed by atoms with van der Waals surface area (Å²) in [6, 6.07) is 5.25. The summed E-state index contributed by atoms with van der Waals surface area (Å²) in [5.74, 6) is 0.426. The Labute approximate surface area is 215 Å². The molecule has 4 atom stereocenters.